The van der Waals surface area contributed by atoms with E-state index in [1.165, 1.54) is 16.2 Å². The van der Waals surface area contributed by atoms with Crippen molar-refractivity contribution in [1.29, 1.82) is 0 Å². The van der Waals surface area contributed by atoms with Gasteiger partial charge in [-0.25, -0.2) is 4.79 Å². The van der Waals surface area contributed by atoms with Crippen molar-refractivity contribution >= 4 is 39.6 Å². The number of hydrogen-bond donors (Lipinski definition) is 1. The van der Waals surface area contributed by atoms with Crippen LogP contribution in [0.3, 0.4) is 0 Å². The summed E-state index contributed by atoms with van der Waals surface area (Å²) in [5.74, 6) is 0.309. The molecule has 0 aliphatic rings. The molecule has 148 valence electrons. The fourth-order valence-corrected chi connectivity index (χ4v) is 4.47. The van der Waals surface area contributed by atoms with Gasteiger partial charge in [-0.3, -0.25) is 9.69 Å². The number of carbonyl (C=O) groups excluding carboxylic acids is 2. The Hall–Kier alpha value is -2.42. The van der Waals surface area contributed by atoms with Gasteiger partial charge < -0.3 is 14.5 Å². The summed E-state index contributed by atoms with van der Waals surface area (Å²) in [6.07, 6.45) is 1.63. The van der Waals surface area contributed by atoms with Gasteiger partial charge in [0.1, 0.15) is 10.6 Å². The Morgan fingerprint density at radius 1 is 1.25 bits per heavy atom. The van der Waals surface area contributed by atoms with Crippen LogP contribution in [0.25, 0.3) is 0 Å². The van der Waals surface area contributed by atoms with Crippen molar-refractivity contribution in [2.24, 2.45) is 0 Å². The maximum atomic E-state index is 12.6. The topological polar surface area (TPSA) is 71.8 Å². The number of amides is 1. The molecule has 0 aromatic carbocycles. The number of aryl methyl sites for hydroxylation is 1. The van der Waals surface area contributed by atoms with Gasteiger partial charge in [0, 0.05) is 11.4 Å². The number of esters is 1. The molecule has 3 heterocycles. The third kappa shape index (κ3) is 5.54. The smallest absolute Gasteiger partial charge is 0.348 e. The van der Waals surface area contributed by atoms with Gasteiger partial charge in [-0.15, -0.1) is 22.7 Å². The molecule has 0 fully saturated rings. The van der Waals surface area contributed by atoms with E-state index in [9.17, 15) is 9.59 Å². The average molecular weight is 419 g/mol. The molecular formula is C20H22N2O4S2. The lowest BCUT2D eigenvalue weighted by molar-refractivity contribution is -0.117. The predicted octanol–water partition coefficient (Wildman–Crippen LogP) is 4.53. The maximum Gasteiger partial charge on any atom is 0.348 e. The quantitative estimate of drug-likeness (QED) is 0.517. The Morgan fingerprint density at radius 3 is 2.79 bits per heavy atom. The highest BCUT2D eigenvalue weighted by Crippen LogP contribution is 2.27. The van der Waals surface area contributed by atoms with Crippen LogP contribution in [-0.4, -0.2) is 29.9 Å². The lowest BCUT2D eigenvalue weighted by Gasteiger charge is -2.19. The second-order valence-electron chi connectivity index (χ2n) is 6.20. The van der Waals surface area contributed by atoms with E-state index < -0.39 is 0 Å². The highest BCUT2D eigenvalue weighted by atomic mass is 32.1. The van der Waals surface area contributed by atoms with Gasteiger partial charge in [0.2, 0.25) is 5.91 Å². The van der Waals surface area contributed by atoms with Gasteiger partial charge in [0.25, 0.3) is 0 Å². The van der Waals surface area contributed by atoms with Crippen LogP contribution in [0.5, 0.6) is 0 Å². The zero-order valence-electron chi connectivity index (χ0n) is 15.8. The fraction of sp³-hybridized carbons (Fsp3) is 0.300. The van der Waals surface area contributed by atoms with Gasteiger partial charge in [-0.2, -0.15) is 0 Å². The zero-order valence-corrected chi connectivity index (χ0v) is 17.4. The number of carbonyl (C=O) groups is 2. The summed E-state index contributed by atoms with van der Waals surface area (Å²) >= 11 is 2.89. The first kappa shape index (κ1) is 20.3. The van der Waals surface area contributed by atoms with Crippen LogP contribution >= 0.6 is 22.7 Å². The summed E-state index contributed by atoms with van der Waals surface area (Å²) in [6, 6.07) is 9.57. The molecule has 0 aliphatic heterocycles. The number of furan rings is 1. The molecule has 0 aliphatic carbocycles. The van der Waals surface area contributed by atoms with Gasteiger partial charge in [0.05, 0.1) is 31.0 Å². The summed E-state index contributed by atoms with van der Waals surface area (Å²) in [5, 5.41) is 5.55. The number of anilines is 1. The lowest BCUT2D eigenvalue weighted by Crippen LogP contribution is -2.32. The van der Waals surface area contributed by atoms with Crippen molar-refractivity contribution in [2.45, 2.75) is 26.9 Å². The van der Waals surface area contributed by atoms with Crippen molar-refractivity contribution in [1.82, 2.24) is 4.90 Å². The van der Waals surface area contributed by atoms with E-state index in [1.54, 1.807) is 30.6 Å². The molecule has 0 radical (unpaired) electrons. The van der Waals surface area contributed by atoms with Crippen molar-refractivity contribution in [3.8, 4) is 0 Å². The van der Waals surface area contributed by atoms with E-state index in [2.05, 4.69) is 5.32 Å². The van der Waals surface area contributed by atoms with E-state index >= 15 is 0 Å². The van der Waals surface area contributed by atoms with E-state index in [-0.39, 0.29) is 18.4 Å². The Balaban J connectivity index is 1.64. The molecule has 0 spiro atoms. The number of hydrogen-bond acceptors (Lipinski definition) is 7. The highest BCUT2D eigenvalue weighted by Gasteiger charge is 2.18. The van der Waals surface area contributed by atoms with Crippen molar-refractivity contribution in [3.63, 3.8) is 0 Å². The monoisotopic (exact) mass is 418 g/mol. The SMILES string of the molecule is CCOC(=O)c1sc(NC(=O)CN(Cc2ccco2)Cc2cccs2)cc1C. The van der Waals surface area contributed by atoms with Crippen LogP contribution in [-0.2, 0) is 22.6 Å². The third-order valence-electron chi connectivity index (χ3n) is 3.93. The molecule has 28 heavy (non-hydrogen) atoms. The molecular weight excluding hydrogens is 396 g/mol. The molecule has 0 bridgehead atoms. The standard InChI is InChI=1S/C20H22N2O4S2/c1-3-25-20(24)19-14(2)10-18(28-19)21-17(23)13-22(11-15-6-4-8-26-15)12-16-7-5-9-27-16/h4-10H,3,11-13H2,1-2H3,(H,21,23). The van der Waals surface area contributed by atoms with Gasteiger partial charge in [-0.05, 0) is 49.1 Å². The second-order valence-corrected chi connectivity index (χ2v) is 8.28. The number of ether oxygens (including phenoxy) is 1. The number of rotatable bonds is 9. The molecule has 0 saturated heterocycles. The normalized spacial score (nSPS) is 11.0. The molecule has 3 rings (SSSR count). The number of nitrogens with zero attached hydrogens (tertiary/aromatic N) is 1. The summed E-state index contributed by atoms with van der Waals surface area (Å²) in [6.45, 7) is 5.33. The number of nitrogens with one attached hydrogen (secondary N) is 1. The minimum absolute atomic E-state index is 0.139. The summed E-state index contributed by atoms with van der Waals surface area (Å²) in [5.41, 5.74) is 0.796. The Kier molecular flexibility index (Phi) is 7.02. The van der Waals surface area contributed by atoms with Crippen LogP contribution in [0, 0.1) is 6.92 Å². The Bertz CT molecular complexity index is 865. The molecule has 3 aromatic heterocycles. The molecule has 0 atom stereocenters. The minimum atomic E-state index is -0.359. The molecule has 3 aromatic rings. The predicted molar refractivity (Wildman–Crippen MR) is 111 cm³/mol. The van der Waals surface area contributed by atoms with Crippen LogP contribution in [0.1, 0.15) is 32.8 Å². The third-order valence-corrected chi connectivity index (χ3v) is 5.92. The summed E-state index contributed by atoms with van der Waals surface area (Å²) in [4.78, 5) is 28.3. The highest BCUT2D eigenvalue weighted by molar-refractivity contribution is 7.18. The van der Waals surface area contributed by atoms with E-state index in [1.807, 2.05) is 41.5 Å². The molecule has 1 N–H and O–H groups in total. The van der Waals surface area contributed by atoms with Crippen LogP contribution in [0.4, 0.5) is 5.00 Å². The average Bonchev–Trinajstić information content (AvgIpc) is 3.38. The molecule has 0 saturated carbocycles. The number of thiophene rings is 2. The van der Waals surface area contributed by atoms with Gasteiger partial charge >= 0.3 is 5.97 Å². The van der Waals surface area contributed by atoms with E-state index in [4.69, 9.17) is 9.15 Å². The Labute approximate surface area is 171 Å². The van der Waals surface area contributed by atoms with E-state index in [0.717, 1.165) is 11.3 Å². The van der Waals surface area contributed by atoms with Crippen LogP contribution in [0.2, 0.25) is 0 Å². The molecule has 1 amide bonds. The maximum absolute atomic E-state index is 12.6. The van der Waals surface area contributed by atoms with Crippen molar-refractivity contribution in [2.75, 3.05) is 18.5 Å². The van der Waals surface area contributed by atoms with E-state index in [0.29, 0.717) is 29.6 Å². The first-order valence-corrected chi connectivity index (χ1v) is 10.6. The van der Waals surface area contributed by atoms with Crippen LogP contribution < -0.4 is 5.32 Å². The molecule has 0 unspecified atom stereocenters. The Morgan fingerprint density at radius 2 is 2.11 bits per heavy atom. The van der Waals surface area contributed by atoms with Crippen molar-refractivity contribution in [3.05, 3.63) is 63.1 Å². The van der Waals surface area contributed by atoms with Crippen molar-refractivity contribution < 1.29 is 18.7 Å². The first-order valence-electron chi connectivity index (χ1n) is 8.89. The fourth-order valence-electron chi connectivity index (χ4n) is 2.74. The zero-order chi connectivity index (χ0) is 19.9. The summed E-state index contributed by atoms with van der Waals surface area (Å²) in [7, 11) is 0. The first-order chi connectivity index (χ1) is 13.5. The largest absolute Gasteiger partial charge is 0.468 e. The molecule has 6 nitrogen and oxygen atoms in total. The molecule has 8 heteroatoms. The second kappa shape index (κ2) is 9.68. The lowest BCUT2D eigenvalue weighted by atomic mass is 10.3. The van der Waals surface area contributed by atoms with Crippen LogP contribution in [0.15, 0.2) is 46.4 Å². The van der Waals surface area contributed by atoms with Gasteiger partial charge in [-0.1, -0.05) is 6.07 Å². The van der Waals surface area contributed by atoms with Gasteiger partial charge in [0.15, 0.2) is 0 Å². The minimum Gasteiger partial charge on any atom is -0.468 e. The summed E-state index contributed by atoms with van der Waals surface area (Å²) < 4.78 is 10.5.